The van der Waals surface area contributed by atoms with Crippen LogP contribution in [0.3, 0.4) is 0 Å². The molecular formula is C22H34F2N4O3. The van der Waals surface area contributed by atoms with Gasteiger partial charge in [0, 0.05) is 43.1 Å². The minimum absolute atomic E-state index is 0.0250. The van der Waals surface area contributed by atoms with Crippen molar-refractivity contribution in [3.05, 3.63) is 23.8 Å². The van der Waals surface area contributed by atoms with Gasteiger partial charge in [-0.05, 0) is 30.0 Å². The van der Waals surface area contributed by atoms with Crippen LogP contribution in [-0.2, 0) is 14.3 Å². The average molecular weight is 441 g/mol. The highest BCUT2D eigenvalue weighted by Crippen LogP contribution is 2.32. The maximum Gasteiger partial charge on any atom is 0.265 e. The van der Waals surface area contributed by atoms with Crippen LogP contribution < -0.4 is 16.0 Å². The Labute approximate surface area is 182 Å². The van der Waals surface area contributed by atoms with Crippen molar-refractivity contribution in [2.24, 2.45) is 17.6 Å². The van der Waals surface area contributed by atoms with E-state index in [4.69, 9.17) is 10.5 Å². The van der Waals surface area contributed by atoms with Crippen LogP contribution in [-0.4, -0.2) is 62.1 Å². The average Bonchev–Trinajstić information content (AvgIpc) is 2.68. The molecule has 0 radical (unpaired) electrons. The first-order valence-electron chi connectivity index (χ1n) is 10.7. The van der Waals surface area contributed by atoms with Gasteiger partial charge >= 0.3 is 0 Å². The summed E-state index contributed by atoms with van der Waals surface area (Å²) in [7, 11) is 0. The lowest BCUT2D eigenvalue weighted by Crippen LogP contribution is -2.51. The van der Waals surface area contributed by atoms with Crippen molar-refractivity contribution in [3.8, 4) is 0 Å². The summed E-state index contributed by atoms with van der Waals surface area (Å²) in [5.74, 6) is -0.0597. The van der Waals surface area contributed by atoms with E-state index < -0.39 is 18.4 Å². The molecule has 1 saturated heterocycles. The molecule has 1 atom stereocenters. The number of carbonyl (C=O) groups is 2. The molecule has 0 aromatic heterocycles. The topological polar surface area (TPSA) is 87.9 Å². The van der Waals surface area contributed by atoms with E-state index in [0.29, 0.717) is 43.8 Å². The number of ether oxygens (including phenoxy) is 1. The van der Waals surface area contributed by atoms with E-state index in [0.717, 1.165) is 0 Å². The van der Waals surface area contributed by atoms with E-state index in [1.807, 2.05) is 4.90 Å². The molecule has 0 saturated carbocycles. The summed E-state index contributed by atoms with van der Waals surface area (Å²) in [5.41, 5.74) is 5.96. The van der Waals surface area contributed by atoms with Crippen molar-refractivity contribution in [2.75, 3.05) is 49.6 Å². The Morgan fingerprint density at radius 3 is 2.39 bits per heavy atom. The van der Waals surface area contributed by atoms with Crippen LogP contribution in [0, 0.1) is 11.8 Å². The van der Waals surface area contributed by atoms with E-state index >= 15 is 0 Å². The maximum absolute atomic E-state index is 13.8. The van der Waals surface area contributed by atoms with E-state index in [1.165, 1.54) is 17.0 Å². The van der Waals surface area contributed by atoms with Crippen molar-refractivity contribution in [1.82, 2.24) is 4.90 Å². The zero-order valence-corrected chi connectivity index (χ0v) is 18.7. The number of rotatable bonds is 10. The molecule has 7 nitrogen and oxygen atoms in total. The fourth-order valence-electron chi connectivity index (χ4n) is 3.71. The third kappa shape index (κ3) is 6.95. The number of alkyl halides is 2. The number of benzene rings is 1. The monoisotopic (exact) mass is 440 g/mol. The lowest BCUT2D eigenvalue weighted by Gasteiger charge is -2.33. The fraction of sp³-hybridized carbons (Fsp3) is 0.636. The first kappa shape index (κ1) is 25.2. The number of morpholine rings is 1. The molecule has 9 heteroatoms. The standard InChI is InChI=1S/C22H34F2N4O3/c1-14(2)11-27(12-15(3)4)19(10-25)22(30)26-18-6-5-16(9-17(18)21(23)24)28-7-8-31-13-20(28)29/h5-6,9,14-15,19,21H,7-8,10-13,25H2,1-4H3,(H,26,30)/t19-/m1/s1. The summed E-state index contributed by atoms with van der Waals surface area (Å²) in [4.78, 5) is 28.5. The third-order valence-corrected chi connectivity index (χ3v) is 4.99. The zero-order valence-electron chi connectivity index (χ0n) is 18.7. The summed E-state index contributed by atoms with van der Waals surface area (Å²) in [6.45, 7) is 10.2. The van der Waals surface area contributed by atoms with Gasteiger partial charge in [-0.15, -0.1) is 0 Å². The zero-order chi connectivity index (χ0) is 23.1. The minimum atomic E-state index is -2.81. The normalized spacial score (nSPS) is 16.0. The molecule has 1 fully saturated rings. The Kier molecular flexibility index (Phi) is 9.33. The maximum atomic E-state index is 13.8. The Hall–Kier alpha value is -2.10. The van der Waals surface area contributed by atoms with Crippen LogP contribution >= 0.6 is 0 Å². The van der Waals surface area contributed by atoms with Crippen molar-refractivity contribution in [2.45, 2.75) is 40.2 Å². The van der Waals surface area contributed by atoms with Gasteiger partial charge in [-0.1, -0.05) is 27.7 Å². The van der Waals surface area contributed by atoms with Gasteiger partial charge in [0.15, 0.2) is 0 Å². The van der Waals surface area contributed by atoms with Crippen molar-refractivity contribution in [1.29, 1.82) is 0 Å². The van der Waals surface area contributed by atoms with Gasteiger partial charge in [-0.25, -0.2) is 8.78 Å². The molecule has 174 valence electrons. The van der Waals surface area contributed by atoms with E-state index in [1.54, 1.807) is 6.07 Å². The van der Waals surface area contributed by atoms with Crippen molar-refractivity contribution >= 4 is 23.2 Å². The van der Waals surface area contributed by atoms with Gasteiger partial charge in [-0.3, -0.25) is 14.5 Å². The Morgan fingerprint density at radius 2 is 1.87 bits per heavy atom. The number of anilines is 2. The van der Waals surface area contributed by atoms with Gasteiger partial charge < -0.3 is 20.7 Å². The quantitative estimate of drug-likeness (QED) is 0.584. The number of hydrogen-bond acceptors (Lipinski definition) is 5. The number of nitrogens with zero attached hydrogens (tertiary/aromatic N) is 2. The van der Waals surface area contributed by atoms with Crippen LogP contribution in [0.4, 0.5) is 20.2 Å². The smallest absolute Gasteiger partial charge is 0.265 e. The second-order valence-electron chi connectivity index (χ2n) is 8.65. The van der Waals surface area contributed by atoms with Crippen LogP contribution in [0.25, 0.3) is 0 Å². The largest absolute Gasteiger partial charge is 0.370 e. The second kappa shape index (κ2) is 11.5. The molecule has 1 aromatic carbocycles. The molecule has 2 amide bonds. The minimum Gasteiger partial charge on any atom is -0.370 e. The number of nitrogens with one attached hydrogen (secondary N) is 1. The van der Waals surface area contributed by atoms with Gasteiger partial charge in [0.25, 0.3) is 12.3 Å². The van der Waals surface area contributed by atoms with Gasteiger partial charge in [-0.2, -0.15) is 0 Å². The molecule has 31 heavy (non-hydrogen) atoms. The Balaban J connectivity index is 2.26. The highest BCUT2D eigenvalue weighted by atomic mass is 19.3. The highest BCUT2D eigenvalue weighted by Gasteiger charge is 2.28. The number of hydrogen-bond donors (Lipinski definition) is 2. The molecule has 1 aliphatic rings. The van der Waals surface area contributed by atoms with Crippen molar-refractivity contribution in [3.63, 3.8) is 0 Å². The number of halogens is 2. The SMILES string of the molecule is CC(C)CN(CC(C)C)[C@H](CN)C(=O)Nc1ccc(N2CCOCC2=O)cc1C(F)F. The number of nitrogens with two attached hydrogens (primary N) is 1. The first-order valence-corrected chi connectivity index (χ1v) is 10.7. The third-order valence-electron chi connectivity index (χ3n) is 4.99. The summed E-state index contributed by atoms with van der Waals surface area (Å²) < 4.78 is 32.7. The molecule has 0 bridgehead atoms. The molecule has 1 heterocycles. The number of amides is 2. The summed E-state index contributed by atoms with van der Waals surface area (Å²) in [6, 6.07) is 3.60. The first-order chi connectivity index (χ1) is 14.6. The van der Waals surface area contributed by atoms with E-state index in [2.05, 4.69) is 33.0 Å². The van der Waals surface area contributed by atoms with Gasteiger partial charge in [0.2, 0.25) is 5.91 Å². The molecule has 3 N–H and O–H groups in total. The van der Waals surface area contributed by atoms with Crippen molar-refractivity contribution < 1.29 is 23.1 Å². The second-order valence-corrected chi connectivity index (χ2v) is 8.65. The molecule has 0 aliphatic carbocycles. The predicted molar refractivity (Wildman–Crippen MR) is 117 cm³/mol. The van der Waals surface area contributed by atoms with Gasteiger partial charge in [0.05, 0.1) is 6.61 Å². The lowest BCUT2D eigenvalue weighted by molar-refractivity contribution is -0.125. The van der Waals surface area contributed by atoms with Crippen LogP contribution in [0.5, 0.6) is 0 Å². The summed E-state index contributed by atoms with van der Waals surface area (Å²) in [5, 5.41) is 2.64. The molecular weight excluding hydrogens is 406 g/mol. The van der Waals surface area contributed by atoms with Gasteiger partial charge in [0.1, 0.15) is 12.6 Å². The molecule has 0 unspecified atom stereocenters. The van der Waals surface area contributed by atoms with Crippen LogP contribution in [0.1, 0.15) is 39.7 Å². The highest BCUT2D eigenvalue weighted by molar-refractivity contribution is 5.97. The molecule has 0 spiro atoms. The molecule has 1 aromatic rings. The fourth-order valence-corrected chi connectivity index (χ4v) is 3.71. The van der Waals surface area contributed by atoms with E-state index in [-0.39, 0.29) is 30.3 Å². The molecule has 2 rings (SSSR count). The number of carbonyl (C=O) groups excluding carboxylic acids is 2. The summed E-state index contributed by atoms with van der Waals surface area (Å²) >= 11 is 0. The van der Waals surface area contributed by atoms with E-state index in [9.17, 15) is 18.4 Å². The Bertz CT molecular complexity index is 748. The van der Waals surface area contributed by atoms with Crippen LogP contribution in [0.2, 0.25) is 0 Å². The predicted octanol–water partition coefficient (Wildman–Crippen LogP) is 2.87. The Morgan fingerprint density at radius 1 is 1.23 bits per heavy atom. The van der Waals surface area contributed by atoms with Crippen LogP contribution in [0.15, 0.2) is 18.2 Å². The summed E-state index contributed by atoms with van der Waals surface area (Å²) in [6.07, 6.45) is -2.81. The molecule has 1 aliphatic heterocycles. The lowest BCUT2D eigenvalue weighted by atomic mass is 10.1.